The molecule has 1 unspecified atom stereocenters. The predicted octanol–water partition coefficient (Wildman–Crippen LogP) is 3.12. The number of carbonyl (C=O) groups excluding carboxylic acids is 1. The van der Waals surface area contributed by atoms with Crippen LogP contribution in [0.2, 0.25) is 0 Å². The fourth-order valence-corrected chi connectivity index (χ4v) is 2.46. The van der Waals surface area contributed by atoms with E-state index in [1.807, 2.05) is 26.0 Å². The van der Waals surface area contributed by atoms with Gasteiger partial charge in [-0.1, -0.05) is 44.9 Å². The van der Waals surface area contributed by atoms with Gasteiger partial charge in [0.25, 0.3) is 11.5 Å². The molecule has 0 fully saturated rings. The number of aromatic nitrogens is 2. The molecular weight excluding hydrogens is 290 g/mol. The number of fused-ring (bicyclic) bond motifs is 1. The third-order valence-corrected chi connectivity index (χ3v) is 4.05. The summed E-state index contributed by atoms with van der Waals surface area (Å²) in [5, 5.41) is 8.45. The van der Waals surface area contributed by atoms with E-state index < -0.39 is 0 Å². The highest BCUT2D eigenvalue weighted by molar-refractivity contribution is 6.04. The lowest BCUT2D eigenvalue weighted by atomic mass is 10.1. The monoisotopic (exact) mass is 315 g/mol. The van der Waals surface area contributed by atoms with Crippen LogP contribution in [0.3, 0.4) is 0 Å². The summed E-state index contributed by atoms with van der Waals surface area (Å²) in [6, 6.07) is 7.26. The average Bonchev–Trinajstić information content (AvgIpc) is 2.57. The van der Waals surface area contributed by atoms with Crippen molar-refractivity contribution >= 4 is 16.7 Å². The van der Waals surface area contributed by atoms with E-state index in [1.54, 1.807) is 12.1 Å². The Morgan fingerprint density at radius 2 is 1.91 bits per heavy atom. The molecule has 1 atom stereocenters. The van der Waals surface area contributed by atoms with Gasteiger partial charge in [-0.25, -0.2) is 4.68 Å². The minimum atomic E-state index is -0.222. The standard InChI is InChI=1S/C18H25N3O2/c1-4-6-9-12-21-18(23)15-11-8-7-10-14(15)16(20-21)17(22)19-13(3)5-2/h7-8,10-11,13H,4-6,9,12H2,1-3H3,(H,19,22). The number of hydrogen-bond donors (Lipinski definition) is 1. The van der Waals surface area contributed by atoms with Crippen molar-refractivity contribution in [2.24, 2.45) is 0 Å². The Morgan fingerprint density at radius 1 is 1.22 bits per heavy atom. The van der Waals surface area contributed by atoms with Gasteiger partial charge in [-0.3, -0.25) is 9.59 Å². The number of carbonyl (C=O) groups is 1. The first-order valence-electron chi connectivity index (χ1n) is 8.39. The number of nitrogens with zero attached hydrogens (tertiary/aromatic N) is 2. The van der Waals surface area contributed by atoms with E-state index in [9.17, 15) is 9.59 Å². The SMILES string of the molecule is CCCCCn1nc(C(=O)NC(C)CC)c2ccccc2c1=O. The maximum absolute atomic E-state index is 12.5. The van der Waals surface area contributed by atoms with Crippen LogP contribution in [0.5, 0.6) is 0 Å². The summed E-state index contributed by atoms with van der Waals surface area (Å²) in [5.74, 6) is -0.222. The second-order valence-electron chi connectivity index (χ2n) is 5.91. The fourth-order valence-electron chi connectivity index (χ4n) is 2.46. The zero-order valence-corrected chi connectivity index (χ0v) is 14.1. The molecule has 5 heteroatoms. The highest BCUT2D eigenvalue weighted by Gasteiger charge is 2.17. The van der Waals surface area contributed by atoms with E-state index >= 15 is 0 Å². The van der Waals surface area contributed by atoms with Crippen molar-refractivity contribution < 1.29 is 4.79 Å². The molecular formula is C18H25N3O2. The largest absolute Gasteiger partial charge is 0.348 e. The Bertz CT molecular complexity index is 737. The van der Waals surface area contributed by atoms with E-state index in [1.165, 1.54) is 4.68 Å². The maximum Gasteiger partial charge on any atom is 0.274 e. The summed E-state index contributed by atoms with van der Waals surface area (Å²) < 4.78 is 1.43. The zero-order valence-electron chi connectivity index (χ0n) is 14.1. The van der Waals surface area contributed by atoms with Crippen molar-refractivity contribution in [3.8, 4) is 0 Å². The summed E-state index contributed by atoms with van der Waals surface area (Å²) in [7, 11) is 0. The lowest BCUT2D eigenvalue weighted by Gasteiger charge is -2.14. The molecule has 124 valence electrons. The average molecular weight is 315 g/mol. The maximum atomic E-state index is 12.5. The second kappa shape index (κ2) is 7.90. The van der Waals surface area contributed by atoms with Crippen LogP contribution in [0, 0.1) is 0 Å². The van der Waals surface area contributed by atoms with Crippen molar-refractivity contribution in [2.45, 2.75) is 59.0 Å². The number of rotatable bonds is 7. The van der Waals surface area contributed by atoms with Gasteiger partial charge in [0.1, 0.15) is 0 Å². The van der Waals surface area contributed by atoms with Crippen molar-refractivity contribution in [3.05, 3.63) is 40.3 Å². The van der Waals surface area contributed by atoms with Crippen LogP contribution in [-0.2, 0) is 6.54 Å². The molecule has 1 N–H and O–H groups in total. The number of hydrogen-bond acceptors (Lipinski definition) is 3. The molecule has 0 aliphatic heterocycles. The van der Waals surface area contributed by atoms with Crippen LogP contribution >= 0.6 is 0 Å². The van der Waals surface area contributed by atoms with Crippen molar-refractivity contribution in [1.82, 2.24) is 15.1 Å². The molecule has 23 heavy (non-hydrogen) atoms. The zero-order chi connectivity index (χ0) is 16.8. The minimum absolute atomic E-state index is 0.0727. The summed E-state index contributed by atoms with van der Waals surface area (Å²) in [6.45, 7) is 6.63. The van der Waals surface area contributed by atoms with Crippen molar-refractivity contribution in [1.29, 1.82) is 0 Å². The first-order valence-corrected chi connectivity index (χ1v) is 8.39. The van der Waals surface area contributed by atoms with Gasteiger partial charge in [-0.2, -0.15) is 5.10 Å². The molecule has 0 aliphatic rings. The lowest BCUT2D eigenvalue weighted by molar-refractivity contribution is 0.0933. The third kappa shape index (κ3) is 3.97. The highest BCUT2D eigenvalue weighted by atomic mass is 16.2. The Balaban J connectivity index is 2.47. The molecule has 5 nitrogen and oxygen atoms in total. The first kappa shape index (κ1) is 17.2. The number of aryl methyl sites for hydroxylation is 1. The molecule has 0 radical (unpaired) electrons. The van der Waals surface area contributed by atoms with Gasteiger partial charge in [0, 0.05) is 18.0 Å². The van der Waals surface area contributed by atoms with E-state index in [0.29, 0.717) is 23.0 Å². The Labute approximate surface area is 136 Å². The molecule has 0 saturated heterocycles. The summed E-state index contributed by atoms with van der Waals surface area (Å²) >= 11 is 0. The van der Waals surface area contributed by atoms with Crippen LogP contribution in [0.15, 0.2) is 29.1 Å². The molecule has 2 aromatic rings. The predicted molar refractivity (Wildman–Crippen MR) is 92.7 cm³/mol. The van der Waals surface area contributed by atoms with Crippen LogP contribution in [0.1, 0.15) is 56.9 Å². The number of unbranched alkanes of at least 4 members (excludes halogenated alkanes) is 2. The summed E-state index contributed by atoms with van der Waals surface area (Å²) in [6.07, 6.45) is 3.84. The second-order valence-corrected chi connectivity index (χ2v) is 5.91. The number of amides is 1. The lowest BCUT2D eigenvalue weighted by Crippen LogP contribution is -2.35. The quantitative estimate of drug-likeness (QED) is 0.798. The van der Waals surface area contributed by atoms with E-state index in [-0.39, 0.29) is 17.5 Å². The molecule has 1 aromatic heterocycles. The van der Waals surface area contributed by atoms with Gasteiger partial charge in [0.2, 0.25) is 0 Å². The van der Waals surface area contributed by atoms with Crippen LogP contribution in [0.25, 0.3) is 10.8 Å². The molecule has 0 aliphatic carbocycles. The number of benzene rings is 1. The smallest absolute Gasteiger partial charge is 0.274 e. The Hall–Kier alpha value is -2.17. The van der Waals surface area contributed by atoms with Crippen LogP contribution < -0.4 is 10.9 Å². The molecule has 0 spiro atoms. The number of nitrogens with one attached hydrogen (secondary N) is 1. The topological polar surface area (TPSA) is 64.0 Å². The summed E-state index contributed by atoms with van der Waals surface area (Å²) in [5.41, 5.74) is 0.203. The highest BCUT2D eigenvalue weighted by Crippen LogP contribution is 2.14. The molecule has 0 bridgehead atoms. The Morgan fingerprint density at radius 3 is 2.57 bits per heavy atom. The van der Waals surface area contributed by atoms with E-state index in [2.05, 4.69) is 17.3 Å². The van der Waals surface area contributed by atoms with E-state index in [0.717, 1.165) is 25.7 Å². The van der Waals surface area contributed by atoms with Gasteiger partial charge in [0.05, 0.1) is 5.39 Å². The normalized spacial score (nSPS) is 12.3. The van der Waals surface area contributed by atoms with Gasteiger partial charge in [-0.15, -0.1) is 0 Å². The first-order chi connectivity index (χ1) is 11.1. The molecule has 2 rings (SSSR count). The summed E-state index contributed by atoms with van der Waals surface area (Å²) in [4.78, 5) is 25.1. The van der Waals surface area contributed by atoms with Crippen molar-refractivity contribution in [2.75, 3.05) is 0 Å². The van der Waals surface area contributed by atoms with E-state index in [4.69, 9.17) is 0 Å². The van der Waals surface area contributed by atoms with Gasteiger partial charge in [-0.05, 0) is 25.8 Å². The van der Waals surface area contributed by atoms with Gasteiger partial charge >= 0.3 is 0 Å². The van der Waals surface area contributed by atoms with Crippen LogP contribution in [0.4, 0.5) is 0 Å². The van der Waals surface area contributed by atoms with Crippen molar-refractivity contribution in [3.63, 3.8) is 0 Å². The van der Waals surface area contributed by atoms with Gasteiger partial charge in [0.15, 0.2) is 5.69 Å². The van der Waals surface area contributed by atoms with Crippen LogP contribution in [-0.4, -0.2) is 21.7 Å². The molecule has 1 heterocycles. The minimum Gasteiger partial charge on any atom is -0.348 e. The third-order valence-electron chi connectivity index (χ3n) is 4.05. The molecule has 0 saturated carbocycles. The Kier molecular flexibility index (Phi) is 5.90. The van der Waals surface area contributed by atoms with Gasteiger partial charge < -0.3 is 5.32 Å². The molecule has 1 amide bonds. The molecule has 1 aromatic carbocycles. The fraction of sp³-hybridized carbons (Fsp3) is 0.500.